The maximum atomic E-state index is 4.28. The highest BCUT2D eigenvalue weighted by atomic mass is 79.9. The van der Waals surface area contributed by atoms with Gasteiger partial charge in [-0.25, -0.2) is 4.98 Å². The molecule has 0 aliphatic carbocycles. The van der Waals surface area contributed by atoms with Crippen LogP contribution in [0, 0.1) is 5.92 Å². The average Bonchev–Trinajstić information content (AvgIpc) is 2.75. The van der Waals surface area contributed by atoms with Crippen LogP contribution in [0.4, 0.5) is 0 Å². The van der Waals surface area contributed by atoms with Gasteiger partial charge in [-0.15, -0.1) is 0 Å². The maximum absolute atomic E-state index is 4.28. The summed E-state index contributed by atoms with van der Waals surface area (Å²) in [5.41, 5.74) is 1.37. The fourth-order valence-electron chi connectivity index (χ4n) is 1.89. The van der Waals surface area contributed by atoms with Gasteiger partial charge in [0, 0.05) is 18.8 Å². The van der Waals surface area contributed by atoms with Crippen molar-refractivity contribution in [1.82, 2.24) is 14.8 Å². The number of aromatic nitrogens is 3. The summed E-state index contributed by atoms with van der Waals surface area (Å²) < 4.78 is 1.85. The van der Waals surface area contributed by atoms with Gasteiger partial charge in [-0.05, 0) is 17.9 Å². The van der Waals surface area contributed by atoms with E-state index in [1.165, 1.54) is 5.56 Å². The number of hydrogen-bond acceptors (Lipinski definition) is 2. The molecule has 1 heterocycles. The minimum Gasteiger partial charge on any atom is -0.253 e. The van der Waals surface area contributed by atoms with E-state index < -0.39 is 0 Å². The molecule has 0 aliphatic heterocycles. The molecule has 4 heteroatoms. The van der Waals surface area contributed by atoms with Crippen LogP contribution < -0.4 is 0 Å². The largest absolute Gasteiger partial charge is 0.253 e. The van der Waals surface area contributed by atoms with Gasteiger partial charge < -0.3 is 0 Å². The summed E-state index contributed by atoms with van der Waals surface area (Å²) in [6, 6.07) is 10.6. The molecule has 0 spiro atoms. The van der Waals surface area contributed by atoms with E-state index >= 15 is 0 Å². The van der Waals surface area contributed by atoms with Crippen molar-refractivity contribution >= 4 is 15.9 Å². The first-order valence-electron chi connectivity index (χ1n) is 5.72. The van der Waals surface area contributed by atoms with Crippen molar-refractivity contribution in [3.05, 3.63) is 48.0 Å². The van der Waals surface area contributed by atoms with Gasteiger partial charge in [0.25, 0.3) is 0 Å². The Morgan fingerprint density at radius 3 is 2.59 bits per heavy atom. The van der Waals surface area contributed by atoms with Crippen molar-refractivity contribution in [3.63, 3.8) is 0 Å². The first-order valence-corrected chi connectivity index (χ1v) is 6.84. The molecule has 0 radical (unpaired) electrons. The van der Waals surface area contributed by atoms with Crippen LogP contribution in [0.3, 0.4) is 0 Å². The van der Waals surface area contributed by atoms with Gasteiger partial charge in [-0.1, -0.05) is 46.3 Å². The van der Waals surface area contributed by atoms with E-state index in [0.717, 1.165) is 24.0 Å². The molecular formula is C13H16BrN3. The van der Waals surface area contributed by atoms with Crippen LogP contribution in [0.5, 0.6) is 0 Å². The topological polar surface area (TPSA) is 30.7 Å². The maximum Gasteiger partial charge on any atom is 0.138 e. The fraction of sp³-hybridized carbons (Fsp3) is 0.385. The highest BCUT2D eigenvalue weighted by Crippen LogP contribution is 2.15. The standard InChI is InChI=1S/C13H16BrN3/c1-17-13(15-10-16-17)8-12(9-14)7-11-5-3-2-4-6-11/h2-6,10,12H,7-9H2,1H3. The third-order valence-electron chi connectivity index (χ3n) is 2.86. The Balaban J connectivity index is 2.00. The van der Waals surface area contributed by atoms with Crippen LogP contribution in [0.1, 0.15) is 11.4 Å². The lowest BCUT2D eigenvalue weighted by Gasteiger charge is -2.13. The molecule has 0 fully saturated rings. The molecule has 0 aliphatic rings. The van der Waals surface area contributed by atoms with E-state index in [1.54, 1.807) is 6.33 Å². The molecule has 2 rings (SSSR count). The second kappa shape index (κ2) is 5.96. The SMILES string of the molecule is Cn1ncnc1CC(CBr)Cc1ccccc1. The van der Waals surface area contributed by atoms with Crippen LogP contribution in [-0.4, -0.2) is 20.1 Å². The monoisotopic (exact) mass is 293 g/mol. The zero-order valence-corrected chi connectivity index (χ0v) is 11.5. The molecule has 1 aromatic heterocycles. The molecule has 1 atom stereocenters. The molecular weight excluding hydrogens is 278 g/mol. The molecule has 90 valence electrons. The van der Waals surface area contributed by atoms with Gasteiger partial charge in [0.05, 0.1) is 0 Å². The van der Waals surface area contributed by atoms with E-state index in [4.69, 9.17) is 0 Å². The molecule has 0 saturated heterocycles. The summed E-state index contributed by atoms with van der Waals surface area (Å²) in [7, 11) is 1.94. The summed E-state index contributed by atoms with van der Waals surface area (Å²) >= 11 is 3.59. The number of alkyl halides is 1. The molecule has 3 nitrogen and oxygen atoms in total. The van der Waals surface area contributed by atoms with Crippen LogP contribution in [0.2, 0.25) is 0 Å². The van der Waals surface area contributed by atoms with Gasteiger partial charge in [0.15, 0.2) is 0 Å². The Labute approximate surface area is 110 Å². The first kappa shape index (κ1) is 12.3. The zero-order chi connectivity index (χ0) is 12.1. The van der Waals surface area contributed by atoms with E-state index in [0.29, 0.717) is 5.92 Å². The molecule has 0 saturated carbocycles. The van der Waals surface area contributed by atoms with Gasteiger partial charge >= 0.3 is 0 Å². The second-order valence-corrected chi connectivity index (χ2v) is 4.86. The van der Waals surface area contributed by atoms with Gasteiger partial charge in [-0.2, -0.15) is 5.10 Å². The van der Waals surface area contributed by atoms with E-state index in [2.05, 4.69) is 56.3 Å². The summed E-state index contributed by atoms with van der Waals surface area (Å²) in [6.45, 7) is 0. The highest BCUT2D eigenvalue weighted by Gasteiger charge is 2.12. The summed E-state index contributed by atoms with van der Waals surface area (Å²) in [5, 5.41) is 5.08. The van der Waals surface area contributed by atoms with Crippen molar-refractivity contribution in [2.75, 3.05) is 5.33 Å². The minimum atomic E-state index is 0.556. The van der Waals surface area contributed by atoms with Crippen molar-refractivity contribution in [3.8, 4) is 0 Å². The molecule has 0 amide bonds. The predicted molar refractivity (Wildman–Crippen MR) is 72.1 cm³/mol. The molecule has 17 heavy (non-hydrogen) atoms. The highest BCUT2D eigenvalue weighted by molar-refractivity contribution is 9.09. The Hall–Kier alpha value is -1.16. The summed E-state index contributed by atoms with van der Waals surface area (Å²) in [5.74, 6) is 1.60. The summed E-state index contributed by atoms with van der Waals surface area (Å²) in [4.78, 5) is 4.28. The lowest BCUT2D eigenvalue weighted by atomic mass is 9.98. The van der Waals surface area contributed by atoms with Crippen LogP contribution in [-0.2, 0) is 19.9 Å². The predicted octanol–water partition coefficient (Wildman–Crippen LogP) is 2.61. The van der Waals surface area contributed by atoms with Crippen molar-refractivity contribution < 1.29 is 0 Å². The van der Waals surface area contributed by atoms with E-state index in [-0.39, 0.29) is 0 Å². The summed E-state index contributed by atoms with van der Waals surface area (Å²) in [6.07, 6.45) is 3.64. The third-order valence-corrected chi connectivity index (χ3v) is 3.78. The van der Waals surface area contributed by atoms with Crippen molar-refractivity contribution in [2.45, 2.75) is 12.8 Å². The number of nitrogens with zero attached hydrogens (tertiary/aromatic N) is 3. The number of rotatable bonds is 5. The Bertz CT molecular complexity index is 453. The quantitative estimate of drug-likeness (QED) is 0.794. The van der Waals surface area contributed by atoms with Crippen molar-refractivity contribution in [1.29, 1.82) is 0 Å². The van der Waals surface area contributed by atoms with E-state index in [1.807, 2.05) is 11.7 Å². The number of aryl methyl sites for hydroxylation is 1. The zero-order valence-electron chi connectivity index (χ0n) is 9.88. The number of halogens is 1. The molecule has 0 bridgehead atoms. The third kappa shape index (κ3) is 3.40. The Morgan fingerprint density at radius 2 is 2.00 bits per heavy atom. The molecule has 2 aromatic rings. The fourth-order valence-corrected chi connectivity index (χ4v) is 2.35. The molecule has 1 aromatic carbocycles. The van der Waals surface area contributed by atoms with Gasteiger partial charge in [-0.3, -0.25) is 4.68 Å². The molecule has 1 unspecified atom stereocenters. The Kier molecular flexibility index (Phi) is 4.31. The lowest BCUT2D eigenvalue weighted by molar-refractivity contribution is 0.548. The second-order valence-electron chi connectivity index (χ2n) is 4.21. The van der Waals surface area contributed by atoms with Gasteiger partial charge in [0.1, 0.15) is 12.2 Å². The van der Waals surface area contributed by atoms with Crippen LogP contribution in [0.25, 0.3) is 0 Å². The molecule has 0 N–H and O–H groups in total. The smallest absolute Gasteiger partial charge is 0.138 e. The van der Waals surface area contributed by atoms with Crippen LogP contribution in [0.15, 0.2) is 36.7 Å². The van der Waals surface area contributed by atoms with Crippen LogP contribution >= 0.6 is 15.9 Å². The number of hydrogen-bond donors (Lipinski definition) is 0. The van der Waals surface area contributed by atoms with Gasteiger partial charge in [0.2, 0.25) is 0 Å². The normalized spacial score (nSPS) is 12.6. The average molecular weight is 294 g/mol. The number of benzene rings is 1. The lowest BCUT2D eigenvalue weighted by Crippen LogP contribution is -2.13. The van der Waals surface area contributed by atoms with E-state index in [9.17, 15) is 0 Å². The minimum absolute atomic E-state index is 0.556. The Morgan fingerprint density at radius 1 is 1.24 bits per heavy atom. The van der Waals surface area contributed by atoms with Crippen molar-refractivity contribution in [2.24, 2.45) is 13.0 Å². The first-order chi connectivity index (χ1) is 8.29.